The number of likely N-dealkylation sites (N-methyl/N-ethyl adjacent to an activating group) is 2. The highest BCUT2D eigenvalue weighted by Gasteiger charge is 2.41. The highest BCUT2D eigenvalue weighted by molar-refractivity contribution is 7.10. The third-order valence-corrected chi connectivity index (χ3v) is 11.2. The lowest BCUT2D eigenvalue weighted by molar-refractivity contribution is -0.151. The van der Waals surface area contributed by atoms with Gasteiger partial charge < -0.3 is 34.9 Å². The molecule has 0 aromatic carbocycles. The Hall–Kier alpha value is -3.51. The number of rotatable bonds is 17. The molecule has 282 valence electrons. The maximum Gasteiger partial charge on any atom is 0.306 e. The number of carbonyl (C=O) groups is 5. The summed E-state index contributed by atoms with van der Waals surface area (Å²) in [5.74, 6) is -3.55. The molecule has 15 nitrogen and oxygen atoms in total. The predicted molar refractivity (Wildman–Crippen MR) is 189 cm³/mol. The number of ether oxygens (including phenoxy) is 3. The molecule has 2 aliphatic heterocycles. The minimum absolute atomic E-state index is 0.0851. The second kappa shape index (κ2) is 18.3. The molecule has 2 saturated heterocycles. The molecule has 0 aliphatic carbocycles. The molecule has 0 bridgehead atoms. The van der Waals surface area contributed by atoms with Gasteiger partial charge in [-0.1, -0.05) is 20.8 Å². The Labute approximate surface area is 306 Å². The van der Waals surface area contributed by atoms with Gasteiger partial charge in [0, 0.05) is 67.8 Å². The van der Waals surface area contributed by atoms with Crippen molar-refractivity contribution in [1.82, 2.24) is 30.4 Å². The van der Waals surface area contributed by atoms with Crippen molar-refractivity contribution in [3.05, 3.63) is 32.2 Å². The van der Waals surface area contributed by atoms with Gasteiger partial charge in [0.2, 0.25) is 11.8 Å². The summed E-state index contributed by atoms with van der Waals surface area (Å²) in [4.78, 5) is 77.3. The molecule has 2 aromatic rings. The van der Waals surface area contributed by atoms with E-state index in [1.807, 2.05) is 38.1 Å². The average molecular weight is 751 g/mol. The monoisotopic (exact) mass is 750 g/mol. The van der Waals surface area contributed by atoms with Crippen LogP contribution < -0.4 is 10.6 Å². The van der Waals surface area contributed by atoms with Crippen LogP contribution in [0.5, 0.6) is 0 Å². The molecular weight excluding hydrogens is 701 g/mol. The van der Waals surface area contributed by atoms with Crippen molar-refractivity contribution in [2.75, 3.05) is 47.1 Å². The topological polar surface area (TPSA) is 190 Å². The fraction of sp³-hybridized carbons (Fsp3) is 0.676. The minimum Gasteiger partial charge on any atom is -0.481 e. The van der Waals surface area contributed by atoms with E-state index < -0.39 is 54.0 Å². The molecule has 0 spiro atoms. The zero-order valence-electron chi connectivity index (χ0n) is 30.2. The molecular formula is C34H50N6O9S2. The molecule has 3 N–H and O–H groups in total. The number of thiazole rings is 2. The lowest BCUT2D eigenvalue weighted by Gasteiger charge is -2.40. The second-order valence-electron chi connectivity index (χ2n) is 13.8. The van der Waals surface area contributed by atoms with Crippen LogP contribution in [0.15, 0.2) is 10.8 Å². The Morgan fingerprint density at radius 3 is 2.35 bits per heavy atom. The molecule has 6 atom stereocenters. The number of carboxylic acid groups (broad SMARTS) is 1. The van der Waals surface area contributed by atoms with Crippen LogP contribution in [0.1, 0.15) is 72.8 Å². The van der Waals surface area contributed by atoms with Crippen molar-refractivity contribution in [3.63, 3.8) is 0 Å². The highest BCUT2D eigenvalue weighted by atomic mass is 32.1. The number of morpholine rings is 1. The van der Waals surface area contributed by atoms with Crippen molar-refractivity contribution in [2.45, 2.75) is 84.2 Å². The number of aryl methyl sites for hydroxylation is 1. The lowest BCUT2D eigenvalue weighted by atomic mass is 9.92. The summed E-state index contributed by atoms with van der Waals surface area (Å²) >= 11 is 2.60. The van der Waals surface area contributed by atoms with E-state index in [0.29, 0.717) is 37.8 Å². The molecule has 4 rings (SSSR count). The number of carboxylic acids is 1. The maximum absolute atomic E-state index is 14.1. The van der Waals surface area contributed by atoms with Crippen LogP contribution in [0, 0.1) is 24.7 Å². The maximum atomic E-state index is 14.1. The molecule has 0 saturated carbocycles. The Balaban J connectivity index is 1.50. The highest BCUT2D eigenvalue weighted by Crippen LogP contribution is 2.31. The van der Waals surface area contributed by atoms with Crippen molar-refractivity contribution >= 4 is 52.3 Å². The summed E-state index contributed by atoms with van der Waals surface area (Å²) < 4.78 is 16.6. The zero-order valence-corrected chi connectivity index (χ0v) is 31.9. The van der Waals surface area contributed by atoms with Crippen LogP contribution in [-0.2, 0) is 39.8 Å². The summed E-state index contributed by atoms with van der Waals surface area (Å²) in [6.45, 7) is 10.7. The lowest BCUT2D eigenvalue weighted by Crippen LogP contribution is -2.62. The van der Waals surface area contributed by atoms with Crippen LogP contribution in [-0.4, -0.2) is 126 Å². The molecule has 2 fully saturated rings. The van der Waals surface area contributed by atoms with Crippen molar-refractivity contribution in [3.8, 4) is 0 Å². The molecule has 0 radical (unpaired) electrons. The van der Waals surface area contributed by atoms with Gasteiger partial charge in [-0.2, -0.15) is 0 Å². The number of nitrogens with one attached hydrogen (secondary N) is 2. The first-order valence-corrected chi connectivity index (χ1v) is 18.9. The Bertz CT molecular complexity index is 1530. The number of hydrogen-bond acceptors (Lipinski definition) is 13. The average Bonchev–Trinajstić information content (AvgIpc) is 3.70. The van der Waals surface area contributed by atoms with Gasteiger partial charge in [0.05, 0.1) is 37.4 Å². The van der Waals surface area contributed by atoms with Crippen molar-refractivity contribution < 1.29 is 43.3 Å². The second-order valence-corrected chi connectivity index (χ2v) is 15.6. The van der Waals surface area contributed by atoms with Gasteiger partial charge in [-0.15, -0.1) is 22.7 Å². The van der Waals surface area contributed by atoms with Crippen LogP contribution >= 0.6 is 22.7 Å². The minimum atomic E-state index is -0.964. The fourth-order valence-corrected chi connectivity index (χ4v) is 7.84. The first-order valence-electron chi connectivity index (χ1n) is 17.1. The van der Waals surface area contributed by atoms with Gasteiger partial charge >= 0.3 is 11.9 Å². The number of amides is 3. The summed E-state index contributed by atoms with van der Waals surface area (Å²) in [7, 11) is 3.52. The van der Waals surface area contributed by atoms with E-state index in [1.165, 1.54) is 18.3 Å². The zero-order chi connectivity index (χ0) is 37.4. The third kappa shape index (κ3) is 11.0. The number of aromatic nitrogens is 2. The molecule has 3 amide bonds. The Morgan fingerprint density at radius 2 is 1.78 bits per heavy atom. The Kier molecular flexibility index (Phi) is 14.5. The molecule has 4 heterocycles. The number of nitrogens with zero attached hydrogens (tertiary/aromatic N) is 4. The molecule has 17 heteroatoms. The summed E-state index contributed by atoms with van der Waals surface area (Å²) in [6, 6.07) is -2.28. The first kappa shape index (κ1) is 40.3. The summed E-state index contributed by atoms with van der Waals surface area (Å²) in [5.41, 5.74) is 0.948. The summed E-state index contributed by atoms with van der Waals surface area (Å²) in [5, 5.41) is 20.0. The molecule has 51 heavy (non-hydrogen) atoms. The van der Waals surface area contributed by atoms with Gasteiger partial charge in [-0.05, 0) is 26.3 Å². The van der Waals surface area contributed by atoms with E-state index in [0.717, 1.165) is 22.0 Å². The van der Waals surface area contributed by atoms with Crippen LogP contribution in [0.4, 0.5) is 0 Å². The quantitative estimate of drug-likeness (QED) is 0.201. The van der Waals surface area contributed by atoms with Crippen molar-refractivity contribution in [2.24, 2.45) is 17.8 Å². The summed E-state index contributed by atoms with van der Waals surface area (Å²) in [6.07, 6.45) is -0.115. The van der Waals surface area contributed by atoms with Crippen molar-refractivity contribution in [1.29, 1.82) is 0 Å². The van der Waals surface area contributed by atoms with E-state index in [9.17, 15) is 29.1 Å². The van der Waals surface area contributed by atoms with Gasteiger partial charge in [-0.25, -0.2) is 9.97 Å². The smallest absolute Gasteiger partial charge is 0.306 e. The van der Waals surface area contributed by atoms with Gasteiger partial charge in [0.1, 0.15) is 22.8 Å². The Morgan fingerprint density at radius 1 is 1.06 bits per heavy atom. The van der Waals surface area contributed by atoms with E-state index in [-0.39, 0.29) is 48.8 Å². The van der Waals surface area contributed by atoms with E-state index in [1.54, 1.807) is 24.3 Å². The van der Waals surface area contributed by atoms with Gasteiger partial charge in [0.25, 0.3) is 5.91 Å². The largest absolute Gasteiger partial charge is 0.481 e. The fourth-order valence-electron chi connectivity index (χ4n) is 6.15. The number of esters is 1. The molecule has 2 aromatic heterocycles. The SMILES string of the molecule is CC(=O)O[C@H](C[C@H](C(C)C)N(C)C(=O)[C@@H](NC(=O)[C@H]1COCCN1C)C1COC1)c1nc(C(=O)N[C@@H](Cc2nc(C)cs2)C[C@H](C)C(=O)O)cs1. The van der Waals surface area contributed by atoms with E-state index >= 15 is 0 Å². The van der Waals surface area contributed by atoms with Gasteiger partial charge in [0.15, 0.2) is 6.10 Å². The number of aliphatic carboxylic acids is 1. The van der Waals surface area contributed by atoms with E-state index in [2.05, 4.69) is 20.6 Å². The standard InChI is InChI=1S/C34H50N6O9S2/c1-18(2)25(40(7)33(44)29(22-13-48-14-22)38-31(43)26-15-47-9-8-39(26)6)12-27(49-21(5)41)32-37-24(17-51-32)30(42)36-23(10-19(3)34(45)46)11-28-35-20(4)16-50-28/h16-19,22-23,25-27,29H,8-15H2,1-7H3,(H,36,42)(H,38,43)(H,45,46)/t19-,23+,25+,26+,27+,29-/m0/s1. The van der Waals surface area contributed by atoms with Crippen LogP contribution in [0.3, 0.4) is 0 Å². The van der Waals surface area contributed by atoms with Gasteiger partial charge in [-0.3, -0.25) is 28.9 Å². The third-order valence-electron chi connectivity index (χ3n) is 9.29. The van der Waals surface area contributed by atoms with Crippen LogP contribution in [0.25, 0.3) is 0 Å². The van der Waals surface area contributed by atoms with E-state index in [4.69, 9.17) is 14.2 Å². The number of hydrogen-bond donors (Lipinski definition) is 3. The molecule has 0 unspecified atom stereocenters. The normalized spacial score (nSPS) is 19.6. The van der Waals surface area contributed by atoms with Crippen LogP contribution in [0.2, 0.25) is 0 Å². The molecule has 2 aliphatic rings. The number of carbonyl (C=O) groups excluding carboxylic acids is 4. The first-order chi connectivity index (χ1) is 24.1. The predicted octanol–water partition coefficient (Wildman–Crippen LogP) is 2.30.